The van der Waals surface area contributed by atoms with E-state index < -0.39 is 0 Å². The van der Waals surface area contributed by atoms with E-state index in [2.05, 4.69) is 10.2 Å². The van der Waals surface area contributed by atoms with Crippen molar-refractivity contribution in [1.82, 2.24) is 19.7 Å². The molecule has 0 radical (unpaired) electrons. The third-order valence-electron chi connectivity index (χ3n) is 4.26. The van der Waals surface area contributed by atoms with Crippen LogP contribution in [0.2, 0.25) is 0 Å². The van der Waals surface area contributed by atoms with Crippen LogP contribution < -0.4 is 0 Å². The van der Waals surface area contributed by atoms with Crippen molar-refractivity contribution in [3.8, 4) is 5.69 Å². The number of carbonyl (C=O) groups is 1. The van der Waals surface area contributed by atoms with Gasteiger partial charge in [0.15, 0.2) is 5.16 Å². The van der Waals surface area contributed by atoms with Crippen LogP contribution in [-0.2, 0) is 4.79 Å². The van der Waals surface area contributed by atoms with Crippen LogP contribution in [-0.4, -0.2) is 43.6 Å². The number of aromatic nitrogens is 3. The van der Waals surface area contributed by atoms with Crippen LogP contribution in [0.3, 0.4) is 0 Å². The Bertz CT molecular complexity index is 934. The lowest BCUT2D eigenvalue weighted by Gasteiger charge is -2.24. The number of hydrogen-bond acceptors (Lipinski definition) is 5. The van der Waals surface area contributed by atoms with Gasteiger partial charge in [0.25, 0.3) is 0 Å². The summed E-state index contributed by atoms with van der Waals surface area (Å²) in [5.74, 6) is 0.735. The molecule has 1 aliphatic heterocycles. The molecule has 0 saturated carbocycles. The molecule has 138 valence electrons. The Balaban J connectivity index is 1.46. The van der Waals surface area contributed by atoms with E-state index >= 15 is 0 Å². The molecular formula is C19H17FN4OS2. The van der Waals surface area contributed by atoms with Gasteiger partial charge in [-0.2, -0.15) is 0 Å². The van der Waals surface area contributed by atoms with Crippen LogP contribution in [0.25, 0.3) is 5.69 Å². The molecule has 1 saturated heterocycles. The first-order chi connectivity index (χ1) is 13.2. The number of nitrogens with zero attached hydrogens (tertiary/aromatic N) is 4. The summed E-state index contributed by atoms with van der Waals surface area (Å²) in [6.07, 6.45) is 1.63. The second-order valence-electron chi connectivity index (χ2n) is 5.94. The summed E-state index contributed by atoms with van der Waals surface area (Å²) in [5.41, 5.74) is 1.50. The average molecular weight is 401 g/mol. The molecule has 0 aliphatic carbocycles. The molecule has 1 amide bonds. The fraction of sp³-hybridized carbons (Fsp3) is 0.211. The van der Waals surface area contributed by atoms with E-state index in [1.165, 1.54) is 17.8 Å². The highest BCUT2D eigenvalue weighted by molar-refractivity contribution is 8.00. The first kappa shape index (κ1) is 18.1. The zero-order chi connectivity index (χ0) is 18.6. The molecule has 5 nitrogen and oxygen atoms in total. The molecule has 0 N–H and O–H groups in total. The van der Waals surface area contributed by atoms with Crippen LogP contribution in [0.5, 0.6) is 0 Å². The maximum Gasteiger partial charge on any atom is 0.234 e. The standard InChI is InChI=1S/C19H17FN4OS2/c20-16-9-5-4-8-15(16)18-23(10-11-26-18)17(25)12-27-19-22-21-13-24(19)14-6-2-1-3-7-14/h1-9,13,18H,10-12H2/t18-/m1/s1. The van der Waals surface area contributed by atoms with Crippen molar-refractivity contribution < 1.29 is 9.18 Å². The van der Waals surface area contributed by atoms with Gasteiger partial charge in [0, 0.05) is 23.5 Å². The fourth-order valence-electron chi connectivity index (χ4n) is 2.96. The van der Waals surface area contributed by atoms with Crippen LogP contribution in [0.1, 0.15) is 10.9 Å². The van der Waals surface area contributed by atoms with Gasteiger partial charge in [-0.05, 0) is 18.2 Å². The Hall–Kier alpha value is -2.32. The van der Waals surface area contributed by atoms with Crippen LogP contribution in [0, 0.1) is 5.82 Å². The van der Waals surface area contributed by atoms with E-state index in [4.69, 9.17) is 0 Å². The van der Waals surface area contributed by atoms with Gasteiger partial charge in [-0.1, -0.05) is 48.2 Å². The smallest absolute Gasteiger partial charge is 0.234 e. The number of thioether (sulfide) groups is 2. The summed E-state index contributed by atoms with van der Waals surface area (Å²) < 4.78 is 16.0. The summed E-state index contributed by atoms with van der Waals surface area (Å²) in [6, 6.07) is 16.4. The third-order valence-corrected chi connectivity index (χ3v) is 6.43. The summed E-state index contributed by atoms with van der Waals surface area (Å²) >= 11 is 2.93. The Morgan fingerprint density at radius 1 is 1.19 bits per heavy atom. The second kappa shape index (κ2) is 8.14. The molecule has 2 aromatic carbocycles. The highest BCUT2D eigenvalue weighted by atomic mass is 32.2. The third kappa shape index (κ3) is 3.86. The molecule has 0 spiro atoms. The van der Waals surface area contributed by atoms with Crippen molar-refractivity contribution in [3.05, 3.63) is 72.3 Å². The molecule has 0 bridgehead atoms. The highest BCUT2D eigenvalue weighted by Crippen LogP contribution is 2.39. The molecular weight excluding hydrogens is 383 g/mol. The van der Waals surface area contributed by atoms with Crippen molar-refractivity contribution in [2.75, 3.05) is 18.1 Å². The molecule has 1 atom stereocenters. The van der Waals surface area contributed by atoms with Gasteiger partial charge in [0.05, 0.1) is 5.75 Å². The normalized spacial score (nSPS) is 16.6. The monoisotopic (exact) mass is 400 g/mol. The molecule has 27 heavy (non-hydrogen) atoms. The second-order valence-corrected chi connectivity index (χ2v) is 8.07. The minimum atomic E-state index is -0.272. The molecule has 0 unspecified atom stereocenters. The van der Waals surface area contributed by atoms with E-state index in [1.54, 1.807) is 41.2 Å². The highest BCUT2D eigenvalue weighted by Gasteiger charge is 2.32. The lowest BCUT2D eigenvalue weighted by Crippen LogP contribution is -2.32. The van der Waals surface area contributed by atoms with Crippen molar-refractivity contribution in [2.45, 2.75) is 10.5 Å². The van der Waals surface area contributed by atoms with Gasteiger partial charge in [-0.25, -0.2) is 4.39 Å². The van der Waals surface area contributed by atoms with E-state index in [0.717, 1.165) is 11.4 Å². The van der Waals surface area contributed by atoms with Gasteiger partial charge < -0.3 is 4.90 Å². The SMILES string of the molecule is O=C(CSc1nncn1-c1ccccc1)N1CCS[C@@H]1c1ccccc1F. The van der Waals surface area contributed by atoms with Crippen LogP contribution >= 0.6 is 23.5 Å². The number of amides is 1. The van der Waals surface area contributed by atoms with Gasteiger partial charge >= 0.3 is 0 Å². The van der Waals surface area contributed by atoms with Gasteiger partial charge in [-0.15, -0.1) is 22.0 Å². The fourth-order valence-corrected chi connectivity index (χ4v) is 5.07. The summed E-state index contributed by atoms with van der Waals surface area (Å²) in [4.78, 5) is 14.5. The molecule has 2 heterocycles. The number of benzene rings is 2. The maximum atomic E-state index is 14.1. The Kier molecular flexibility index (Phi) is 5.45. The van der Waals surface area contributed by atoms with Crippen molar-refractivity contribution in [1.29, 1.82) is 0 Å². The number of halogens is 1. The number of para-hydroxylation sites is 1. The van der Waals surface area contributed by atoms with E-state index in [-0.39, 0.29) is 22.9 Å². The molecule has 1 fully saturated rings. The van der Waals surface area contributed by atoms with Crippen molar-refractivity contribution >= 4 is 29.4 Å². The summed E-state index contributed by atoms with van der Waals surface area (Å²) in [6.45, 7) is 0.619. The molecule has 1 aliphatic rings. The van der Waals surface area contributed by atoms with E-state index in [9.17, 15) is 9.18 Å². The largest absolute Gasteiger partial charge is 0.325 e. The Morgan fingerprint density at radius 2 is 1.96 bits per heavy atom. The van der Waals surface area contributed by atoms with Gasteiger partial charge in [-0.3, -0.25) is 9.36 Å². The van der Waals surface area contributed by atoms with Crippen LogP contribution in [0.15, 0.2) is 66.1 Å². The molecule has 8 heteroatoms. The number of rotatable bonds is 5. The first-order valence-corrected chi connectivity index (χ1v) is 10.5. The molecule has 3 aromatic rings. The first-order valence-electron chi connectivity index (χ1n) is 8.48. The van der Waals surface area contributed by atoms with E-state index in [0.29, 0.717) is 17.3 Å². The number of carbonyl (C=O) groups excluding carboxylic acids is 1. The minimum Gasteiger partial charge on any atom is -0.325 e. The van der Waals surface area contributed by atoms with Crippen molar-refractivity contribution in [3.63, 3.8) is 0 Å². The Morgan fingerprint density at radius 3 is 2.78 bits per heavy atom. The predicted molar refractivity (Wildman–Crippen MR) is 105 cm³/mol. The molecule has 4 rings (SSSR count). The minimum absolute atomic E-state index is 0.0270. The lowest BCUT2D eigenvalue weighted by atomic mass is 10.2. The van der Waals surface area contributed by atoms with E-state index in [1.807, 2.05) is 34.9 Å². The Labute approximate surface area is 165 Å². The summed E-state index contributed by atoms with van der Waals surface area (Å²) in [7, 11) is 0. The van der Waals surface area contributed by atoms with Crippen LogP contribution in [0.4, 0.5) is 4.39 Å². The molecule has 1 aromatic heterocycles. The average Bonchev–Trinajstić information content (AvgIpc) is 3.37. The zero-order valence-corrected chi connectivity index (χ0v) is 16.0. The topological polar surface area (TPSA) is 51.0 Å². The van der Waals surface area contributed by atoms with Crippen molar-refractivity contribution in [2.24, 2.45) is 0 Å². The zero-order valence-electron chi connectivity index (χ0n) is 14.4. The lowest BCUT2D eigenvalue weighted by molar-refractivity contribution is -0.128. The summed E-state index contributed by atoms with van der Waals surface area (Å²) in [5, 5.41) is 8.47. The number of hydrogen-bond donors (Lipinski definition) is 0. The van der Waals surface area contributed by atoms with Gasteiger partial charge in [0.2, 0.25) is 5.91 Å². The quantitative estimate of drug-likeness (QED) is 0.610. The predicted octanol–water partition coefficient (Wildman–Crippen LogP) is 3.77. The van der Waals surface area contributed by atoms with Gasteiger partial charge in [0.1, 0.15) is 17.5 Å². The maximum absolute atomic E-state index is 14.1.